The first kappa shape index (κ1) is 19.7. The minimum Gasteiger partial charge on any atom is -0.497 e. The van der Waals surface area contributed by atoms with Crippen molar-refractivity contribution in [3.63, 3.8) is 0 Å². The van der Waals surface area contributed by atoms with Crippen molar-refractivity contribution in [2.75, 3.05) is 12.4 Å². The van der Waals surface area contributed by atoms with E-state index in [1.807, 2.05) is 84.4 Å². The van der Waals surface area contributed by atoms with Crippen molar-refractivity contribution < 1.29 is 9.53 Å². The van der Waals surface area contributed by atoms with E-state index in [9.17, 15) is 4.79 Å². The van der Waals surface area contributed by atoms with Crippen LogP contribution in [-0.2, 0) is 18.4 Å². The molecule has 0 aliphatic heterocycles. The number of aryl methyl sites for hydroxylation is 1. The van der Waals surface area contributed by atoms with Crippen molar-refractivity contribution in [2.45, 2.75) is 12.6 Å². The minimum absolute atomic E-state index is 0.145. The molecule has 6 nitrogen and oxygen atoms in total. The fraction of sp³-hybridized carbons (Fsp3) is 0.167. The molecule has 0 spiro atoms. The molecule has 0 bridgehead atoms. The van der Waals surface area contributed by atoms with Gasteiger partial charge in [0.2, 0.25) is 5.91 Å². The van der Waals surface area contributed by atoms with E-state index in [0.29, 0.717) is 18.0 Å². The predicted octanol–water partition coefficient (Wildman–Crippen LogP) is 4.05. The predicted molar refractivity (Wildman–Crippen MR) is 118 cm³/mol. The van der Waals surface area contributed by atoms with Crippen LogP contribution in [-0.4, -0.2) is 22.6 Å². The van der Waals surface area contributed by atoms with E-state index < -0.39 is 6.04 Å². The Morgan fingerprint density at radius 1 is 1.03 bits per heavy atom. The number of aromatic nitrogens is 2. The van der Waals surface area contributed by atoms with Crippen LogP contribution in [0.2, 0.25) is 0 Å². The number of carbonyl (C=O) groups is 1. The third-order valence-corrected chi connectivity index (χ3v) is 5.08. The Kier molecular flexibility index (Phi) is 5.77. The molecule has 0 aliphatic carbocycles. The highest BCUT2D eigenvalue weighted by atomic mass is 16.5. The molecular weight excluding hydrogens is 376 g/mol. The fourth-order valence-electron chi connectivity index (χ4n) is 3.47. The molecule has 1 amide bonds. The number of para-hydroxylation sites is 2. The number of rotatable bonds is 7. The van der Waals surface area contributed by atoms with Crippen LogP contribution in [0.1, 0.15) is 17.4 Å². The lowest BCUT2D eigenvalue weighted by atomic mass is 10.1. The van der Waals surface area contributed by atoms with Crippen LogP contribution >= 0.6 is 0 Å². The molecular formula is C24H24N4O2. The third kappa shape index (κ3) is 4.18. The number of anilines is 1. The van der Waals surface area contributed by atoms with E-state index >= 15 is 0 Å². The first-order valence-corrected chi connectivity index (χ1v) is 9.79. The number of benzene rings is 3. The van der Waals surface area contributed by atoms with Gasteiger partial charge in [0.25, 0.3) is 0 Å². The molecule has 4 aromatic rings. The maximum atomic E-state index is 13.1. The quantitative estimate of drug-likeness (QED) is 0.491. The van der Waals surface area contributed by atoms with Crippen molar-refractivity contribution in [3.05, 3.63) is 90.3 Å². The number of amides is 1. The highest BCUT2D eigenvalue weighted by Gasteiger charge is 2.21. The van der Waals surface area contributed by atoms with Crippen LogP contribution in [0.25, 0.3) is 11.0 Å². The molecule has 4 rings (SSSR count). The summed E-state index contributed by atoms with van der Waals surface area (Å²) in [6, 6.07) is 24.5. The summed E-state index contributed by atoms with van der Waals surface area (Å²) in [5.41, 5.74) is 3.57. The number of ether oxygens (including phenoxy) is 1. The number of hydrogen-bond donors (Lipinski definition) is 2. The Balaban J connectivity index is 1.56. The lowest BCUT2D eigenvalue weighted by molar-refractivity contribution is -0.118. The number of methoxy groups -OCH3 is 1. The van der Waals surface area contributed by atoms with Gasteiger partial charge >= 0.3 is 0 Å². The van der Waals surface area contributed by atoms with Gasteiger partial charge in [-0.15, -0.1) is 0 Å². The Bertz CT molecular complexity index is 1150. The summed E-state index contributed by atoms with van der Waals surface area (Å²) in [6.45, 7) is 0.455. The van der Waals surface area contributed by atoms with Crippen LogP contribution in [0.4, 0.5) is 5.69 Å². The molecule has 3 aromatic carbocycles. The maximum Gasteiger partial charge on any atom is 0.246 e. The van der Waals surface area contributed by atoms with Gasteiger partial charge in [0.15, 0.2) is 0 Å². The van der Waals surface area contributed by atoms with Gasteiger partial charge in [-0.2, -0.15) is 0 Å². The number of hydrogen-bond acceptors (Lipinski definition) is 4. The van der Waals surface area contributed by atoms with E-state index in [0.717, 1.165) is 22.4 Å². The van der Waals surface area contributed by atoms with Gasteiger partial charge in [0.05, 0.1) is 24.7 Å². The number of imidazole rings is 1. The number of nitrogens with zero attached hydrogens (tertiary/aromatic N) is 2. The van der Waals surface area contributed by atoms with Crippen molar-refractivity contribution >= 4 is 22.6 Å². The Morgan fingerprint density at radius 3 is 2.57 bits per heavy atom. The molecule has 1 aromatic heterocycles. The largest absolute Gasteiger partial charge is 0.497 e. The Labute approximate surface area is 175 Å². The molecule has 0 fully saturated rings. The number of carbonyl (C=O) groups excluding carboxylic acids is 1. The molecule has 0 saturated heterocycles. The smallest absolute Gasteiger partial charge is 0.246 e. The zero-order valence-corrected chi connectivity index (χ0v) is 17.0. The second-order valence-corrected chi connectivity index (χ2v) is 7.02. The van der Waals surface area contributed by atoms with Crippen LogP contribution < -0.4 is 15.4 Å². The normalized spacial score (nSPS) is 11.9. The van der Waals surface area contributed by atoms with E-state index in [1.54, 1.807) is 13.2 Å². The summed E-state index contributed by atoms with van der Waals surface area (Å²) in [6.07, 6.45) is 0. The van der Waals surface area contributed by atoms with Crippen LogP contribution in [0.15, 0.2) is 78.9 Å². The van der Waals surface area contributed by atoms with Crippen LogP contribution in [0.5, 0.6) is 5.75 Å². The van der Waals surface area contributed by atoms with E-state index in [-0.39, 0.29) is 5.91 Å². The van der Waals surface area contributed by atoms with E-state index in [4.69, 9.17) is 9.72 Å². The first-order chi connectivity index (χ1) is 14.7. The lowest BCUT2D eigenvalue weighted by Crippen LogP contribution is -2.33. The van der Waals surface area contributed by atoms with Gasteiger partial charge in [-0.1, -0.05) is 48.5 Å². The van der Waals surface area contributed by atoms with Gasteiger partial charge in [-0.3, -0.25) is 10.1 Å². The topological polar surface area (TPSA) is 68.2 Å². The SMILES string of the molecule is COc1cccc(NC(=O)C(NCc2nc3ccccc3n2C)c2ccccc2)c1. The Morgan fingerprint density at radius 2 is 1.80 bits per heavy atom. The molecule has 152 valence electrons. The van der Waals surface area contributed by atoms with Crippen molar-refractivity contribution in [2.24, 2.45) is 7.05 Å². The first-order valence-electron chi connectivity index (χ1n) is 9.79. The minimum atomic E-state index is -0.530. The summed E-state index contributed by atoms with van der Waals surface area (Å²) >= 11 is 0. The van der Waals surface area contributed by atoms with Crippen LogP contribution in [0, 0.1) is 0 Å². The van der Waals surface area contributed by atoms with Gasteiger partial charge in [0.1, 0.15) is 17.6 Å². The van der Waals surface area contributed by atoms with Crippen molar-refractivity contribution in [3.8, 4) is 5.75 Å². The summed E-state index contributed by atoms with van der Waals surface area (Å²) in [7, 11) is 3.59. The summed E-state index contributed by atoms with van der Waals surface area (Å²) < 4.78 is 7.30. The molecule has 0 aliphatic rings. The summed E-state index contributed by atoms with van der Waals surface area (Å²) in [4.78, 5) is 17.8. The second kappa shape index (κ2) is 8.80. The standard InChI is InChI=1S/C24H24N4O2/c1-28-21-14-7-6-13-20(21)27-22(28)16-25-23(17-9-4-3-5-10-17)24(29)26-18-11-8-12-19(15-18)30-2/h3-15,23,25H,16H2,1-2H3,(H,26,29). The third-order valence-electron chi connectivity index (χ3n) is 5.08. The van der Waals surface area contributed by atoms with Crippen LogP contribution in [0.3, 0.4) is 0 Å². The van der Waals surface area contributed by atoms with E-state index in [2.05, 4.69) is 10.6 Å². The van der Waals surface area contributed by atoms with Crippen molar-refractivity contribution in [1.82, 2.24) is 14.9 Å². The van der Waals surface area contributed by atoms with Gasteiger partial charge in [0, 0.05) is 18.8 Å². The zero-order chi connectivity index (χ0) is 20.9. The van der Waals surface area contributed by atoms with Gasteiger partial charge in [-0.25, -0.2) is 4.98 Å². The summed E-state index contributed by atoms with van der Waals surface area (Å²) in [5, 5.41) is 6.36. The van der Waals surface area contributed by atoms with E-state index in [1.165, 1.54) is 0 Å². The molecule has 0 radical (unpaired) electrons. The molecule has 1 heterocycles. The molecule has 30 heavy (non-hydrogen) atoms. The molecule has 2 N–H and O–H groups in total. The molecule has 1 atom stereocenters. The highest BCUT2D eigenvalue weighted by molar-refractivity contribution is 5.95. The average molecular weight is 400 g/mol. The number of fused-ring (bicyclic) bond motifs is 1. The second-order valence-electron chi connectivity index (χ2n) is 7.02. The average Bonchev–Trinajstić information content (AvgIpc) is 3.10. The maximum absolute atomic E-state index is 13.1. The van der Waals surface area contributed by atoms with Gasteiger partial charge < -0.3 is 14.6 Å². The molecule has 1 unspecified atom stereocenters. The molecule has 6 heteroatoms. The zero-order valence-electron chi connectivity index (χ0n) is 17.0. The molecule has 0 saturated carbocycles. The Hall–Kier alpha value is -3.64. The lowest BCUT2D eigenvalue weighted by Gasteiger charge is -2.19. The van der Waals surface area contributed by atoms with Crippen molar-refractivity contribution in [1.29, 1.82) is 0 Å². The fourth-order valence-corrected chi connectivity index (χ4v) is 3.47. The number of nitrogens with one attached hydrogen (secondary N) is 2. The summed E-state index contributed by atoms with van der Waals surface area (Å²) in [5.74, 6) is 1.41. The highest BCUT2D eigenvalue weighted by Crippen LogP contribution is 2.21. The van der Waals surface area contributed by atoms with Gasteiger partial charge in [-0.05, 0) is 29.8 Å². The monoisotopic (exact) mass is 400 g/mol.